The minimum atomic E-state index is -0.00606. The van der Waals surface area contributed by atoms with Gasteiger partial charge >= 0.3 is 6.03 Å². The first-order valence-corrected chi connectivity index (χ1v) is 4.63. The van der Waals surface area contributed by atoms with E-state index in [0.29, 0.717) is 0 Å². The molecule has 0 atom stereocenters. The van der Waals surface area contributed by atoms with Crippen molar-refractivity contribution in [1.82, 2.24) is 10.2 Å². The number of rotatable bonds is 3. The maximum atomic E-state index is 10.8. The van der Waals surface area contributed by atoms with E-state index in [1.807, 2.05) is 13.8 Å². The van der Waals surface area contributed by atoms with E-state index in [2.05, 4.69) is 12.2 Å². The Kier molecular flexibility index (Phi) is 11.8. The normalized spacial score (nSPS) is 8.08. The molecule has 0 fully saturated rings. The summed E-state index contributed by atoms with van der Waals surface area (Å²) in [6.07, 6.45) is 2.17. The van der Waals surface area contributed by atoms with Gasteiger partial charge in [0.05, 0.1) is 0 Å². The van der Waals surface area contributed by atoms with Crippen molar-refractivity contribution in [2.45, 2.75) is 33.6 Å². The van der Waals surface area contributed by atoms with Gasteiger partial charge in [0.2, 0.25) is 0 Å². The van der Waals surface area contributed by atoms with Gasteiger partial charge in [0.25, 0.3) is 0 Å². The maximum absolute atomic E-state index is 10.8. The van der Waals surface area contributed by atoms with Gasteiger partial charge in [-0.3, -0.25) is 0 Å². The first-order valence-electron chi connectivity index (χ1n) is 4.63. The molecular formula is C9H22N2O. The molecule has 2 amide bonds. The van der Waals surface area contributed by atoms with E-state index in [-0.39, 0.29) is 6.03 Å². The summed E-state index contributed by atoms with van der Waals surface area (Å²) in [7, 11) is 3.47. The molecule has 0 heterocycles. The largest absolute Gasteiger partial charge is 0.338 e. The van der Waals surface area contributed by atoms with Gasteiger partial charge in [-0.05, 0) is 6.42 Å². The average Bonchev–Trinajstić information content (AvgIpc) is 2.08. The number of carbonyl (C=O) groups is 1. The number of nitrogens with one attached hydrogen (secondary N) is 1. The molecule has 3 nitrogen and oxygen atoms in total. The molecule has 0 aromatic heterocycles. The van der Waals surface area contributed by atoms with E-state index >= 15 is 0 Å². The topological polar surface area (TPSA) is 32.3 Å². The van der Waals surface area contributed by atoms with Crippen LogP contribution in [0.3, 0.4) is 0 Å². The third-order valence-electron chi connectivity index (χ3n) is 1.21. The Bertz CT molecular complexity index is 103. The average molecular weight is 174 g/mol. The zero-order chi connectivity index (χ0) is 9.98. The summed E-state index contributed by atoms with van der Waals surface area (Å²) in [5.74, 6) is 0. The van der Waals surface area contributed by atoms with Gasteiger partial charge in [0.1, 0.15) is 0 Å². The zero-order valence-corrected chi connectivity index (χ0v) is 8.98. The molecule has 0 aliphatic heterocycles. The summed E-state index contributed by atoms with van der Waals surface area (Å²) < 4.78 is 0. The predicted octanol–water partition coefficient (Wildman–Crippen LogP) is 2.08. The molecule has 1 N–H and O–H groups in total. The first-order chi connectivity index (χ1) is 5.68. The molecule has 0 radical (unpaired) electrons. The Morgan fingerprint density at radius 3 is 2.17 bits per heavy atom. The fourth-order valence-corrected chi connectivity index (χ4v) is 0.530. The number of urea groups is 1. The van der Waals surface area contributed by atoms with Crippen molar-refractivity contribution in [2.24, 2.45) is 0 Å². The Balaban J connectivity index is 0. The molecule has 0 aliphatic rings. The lowest BCUT2D eigenvalue weighted by atomic mass is 10.3. The number of amides is 2. The van der Waals surface area contributed by atoms with Crippen molar-refractivity contribution >= 4 is 6.03 Å². The monoisotopic (exact) mass is 174 g/mol. The van der Waals surface area contributed by atoms with Crippen molar-refractivity contribution in [2.75, 3.05) is 20.6 Å². The maximum Gasteiger partial charge on any atom is 0.316 e. The molecule has 74 valence electrons. The van der Waals surface area contributed by atoms with Crippen LogP contribution in [0.2, 0.25) is 0 Å². The molecule has 0 saturated heterocycles. The Hall–Kier alpha value is -0.730. The van der Waals surface area contributed by atoms with E-state index in [0.717, 1.165) is 19.4 Å². The zero-order valence-electron chi connectivity index (χ0n) is 8.98. The molecule has 0 aromatic carbocycles. The van der Waals surface area contributed by atoms with Crippen LogP contribution in [0.5, 0.6) is 0 Å². The van der Waals surface area contributed by atoms with Crippen LogP contribution in [0.4, 0.5) is 4.79 Å². The van der Waals surface area contributed by atoms with Crippen LogP contribution in [0.1, 0.15) is 33.6 Å². The number of nitrogens with zero attached hydrogens (tertiary/aromatic N) is 1. The number of hydrogen-bond donors (Lipinski definition) is 1. The molecule has 3 heteroatoms. The van der Waals surface area contributed by atoms with E-state index in [9.17, 15) is 4.79 Å². The highest BCUT2D eigenvalue weighted by molar-refractivity contribution is 5.73. The molecule has 0 unspecified atom stereocenters. The van der Waals surface area contributed by atoms with Crippen LogP contribution in [0.15, 0.2) is 0 Å². The van der Waals surface area contributed by atoms with Gasteiger partial charge in [-0.1, -0.05) is 27.2 Å². The highest BCUT2D eigenvalue weighted by atomic mass is 16.2. The summed E-state index contributed by atoms with van der Waals surface area (Å²) in [6, 6.07) is -0.00606. The summed E-state index contributed by atoms with van der Waals surface area (Å²) in [5.41, 5.74) is 0. The van der Waals surface area contributed by atoms with Crippen molar-refractivity contribution < 1.29 is 4.79 Å². The lowest BCUT2D eigenvalue weighted by Gasteiger charge is -2.10. The SMILES string of the molecule is CC.CCCCNC(=O)N(C)C. The smallest absolute Gasteiger partial charge is 0.316 e. The fourth-order valence-electron chi connectivity index (χ4n) is 0.530. The van der Waals surface area contributed by atoms with Gasteiger partial charge in [-0.25, -0.2) is 4.79 Å². The van der Waals surface area contributed by atoms with Gasteiger partial charge in [0, 0.05) is 20.6 Å². The molecular weight excluding hydrogens is 152 g/mol. The van der Waals surface area contributed by atoms with Crippen LogP contribution in [0.25, 0.3) is 0 Å². The van der Waals surface area contributed by atoms with Crippen molar-refractivity contribution in [1.29, 1.82) is 0 Å². The van der Waals surface area contributed by atoms with Crippen LogP contribution in [-0.2, 0) is 0 Å². The molecule has 0 aliphatic carbocycles. The van der Waals surface area contributed by atoms with Crippen molar-refractivity contribution in [3.8, 4) is 0 Å². The summed E-state index contributed by atoms with van der Waals surface area (Å²) in [4.78, 5) is 12.4. The molecule has 0 rings (SSSR count). The van der Waals surface area contributed by atoms with Crippen LogP contribution in [-0.4, -0.2) is 31.6 Å². The predicted molar refractivity (Wildman–Crippen MR) is 53.3 cm³/mol. The van der Waals surface area contributed by atoms with Crippen LogP contribution in [0, 0.1) is 0 Å². The fraction of sp³-hybridized carbons (Fsp3) is 0.889. The number of hydrogen-bond acceptors (Lipinski definition) is 1. The minimum Gasteiger partial charge on any atom is -0.338 e. The summed E-state index contributed by atoms with van der Waals surface area (Å²) in [6.45, 7) is 6.88. The van der Waals surface area contributed by atoms with Crippen molar-refractivity contribution in [3.63, 3.8) is 0 Å². The molecule has 0 spiro atoms. The first kappa shape index (κ1) is 13.8. The highest BCUT2D eigenvalue weighted by Gasteiger charge is 1.98. The highest BCUT2D eigenvalue weighted by Crippen LogP contribution is 1.83. The number of carbonyl (C=O) groups excluding carboxylic acids is 1. The molecule has 12 heavy (non-hydrogen) atoms. The standard InChI is InChI=1S/C7H16N2O.C2H6/c1-4-5-6-8-7(10)9(2)3;1-2/h4-6H2,1-3H3,(H,8,10);1-2H3. The Morgan fingerprint density at radius 1 is 1.33 bits per heavy atom. The second-order valence-corrected chi connectivity index (χ2v) is 2.48. The van der Waals surface area contributed by atoms with Gasteiger partial charge in [-0.15, -0.1) is 0 Å². The lowest BCUT2D eigenvalue weighted by Crippen LogP contribution is -2.34. The quantitative estimate of drug-likeness (QED) is 0.653. The Morgan fingerprint density at radius 2 is 1.83 bits per heavy atom. The third kappa shape index (κ3) is 9.27. The van der Waals surface area contributed by atoms with Crippen LogP contribution < -0.4 is 5.32 Å². The van der Waals surface area contributed by atoms with Gasteiger partial charge < -0.3 is 10.2 Å². The van der Waals surface area contributed by atoms with Gasteiger partial charge in [0.15, 0.2) is 0 Å². The second kappa shape index (κ2) is 10.3. The van der Waals surface area contributed by atoms with Crippen molar-refractivity contribution in [3.05, 3.63) is 0 Å². The minimum absolute atomic E-state index is 0.00606. The lowest BCUT2D eigenvalue weighted by molar-refractivity contribution is 0.217. The molecule has 0 aromatic rings. The molecule has 0 saturated carbocycles. The van der Waals surface area contributed by atoms with E-state index < -0.39 is 0 Å². The number of unbranched alkanes of at least 4 members (excludes halogenated alkanes) is 1. The Labute approximate surface area is 76.1 Å². The third-order valence-corrected chi connectivity index (χ3v) is 1.21. The summed E-state index contributed by atoms with van der Waals surface area (Å²) >= 11 is 0. The van der Waals surface area contributed by atoms with Crippen LogP contribution >= 0.6 is 0 Å². The van der Waals surface area contributed by atoms with E-state index in [1.54, 1.807) is 14.1 Å². The summed E-state index contributed by atoms with van der Waals surface area (Å²) in [5, 5.41) is 2.77. The molecule has 0 bridgehead atoms. The van der Waals surface area contributed by atoms with Gasteiger partial charge in [-0.2, -0.15) is 0 Å². The van der Waals surface area contributed by atoms with E-state index in [4.69, 9.17) is 0 Å². The second-order valence-electron chi connectivity index (χ2n) is 2.48. The van der Waals surface area contributed by atoms with E-state index in [1.165, 1.54) is 4.90 Å².